The highest BCUT2D eigenvalue weighted by molar-refractivity contribution is 7.90. The van der Waals surface area contributed by atoms with Crippen LogP contribution in [0.5, 0.6) is 0 Å². The summed E-state index contributed by atoms with van der Waals surface area (Å²) in [6.07, 6.45) is 0. The minimum absolute atomic E-state index is 0.00806. The lowest BCUT2D eigenvalue weighted by molar-refractivity contribution is 0.0709. The van der Waals surface area contributed by atoms with Crippen LogP contribution in [0.15, 0.2) is 53.4 Å². The molecule has 26 heavy (non-hydrogen) atoms. The molecule has 0 bridgehead atoms. The quantitative estimate of drug-likeness (QED) is 0.895. The van der Waals surface area contributed by atoms with Gasteiger partial charge in [0.1, 0.15) is 0 Å². The SMILES string of the molecule is Cc1ccc(S(=O)(=O)Cc2ccc(C(=O)N3CCNC(C)C3)cc2)cc1. The van der Waals surface area contributed by atoms with Gasteiger partial charge in [-0.3, -0.25) is 4.79 Å². The smallest absolute Gasteiger partial charge is 0.253 e. The number of hydrogen-bond donors (Lipinski definition) is 1. The van der Waals surface area contributed by atoms with E-state index >= 15 is 0 Å². The number of amides is 1. The number of nitrogens with one attached hydrogen (secondary N) is 1. The maximum atomic E-state index is 12.6. The fourth-order valence-corrected chi connectivity index (χ4v) is 4.44. The maximum Gasteiger partial charge on any atom is 0.253 e. The first-order chi connectivity index (χ1) is 12.3. The molecule has 1 aliphatic rings. The summed E-state index contributed by atoms with van der Waals surface area (Å²) in [7, 11) is -3.39. The molecule has 2 aromatic rings. The summed E-state index contributed by atoms with van der Waals surface area (Å²) in [5.41, 5.74) is 2.29. The molecule has 1 heterocycles. The van der Waals surface area contributed by atoms with Crippen molar-refractivity contribution in [1.29, 1.82) is 0 Å². The predicted molar refractivity (Wildman–Crippen MR) is 102 cm³/mol. The minimum atomic E-state index is -3.39. The van der Waals surface area contributed by atoms with Crippen molar-refractivity contribution in [2.45, 2.75) is 30.5 Å². The van der Waals surface area contributed by atoms with Gasteiger partial charge in [-0.15, -0.1) is 0 Å². The Morgan fingerprint density at radius 3 is 2.38 bits per heavy atom. The van der Waals surface area contributed by atoms with E-state index in [0.717, 1.165) is 12.1 Å². The highest BCUT2D eigenvalue weighted by Gasteiger charge is 2.22. The molecule has 6 heteroatoms. The Bertz CT molecular complexity index is 874. The van der Waals surface area contributed by atoms with Gasteiger partial charge in [0.25, 0.3) is 5.91 Å². The van der Waals surface area contributed by atoms with Crippen LogP contribution in [0.3, 0.4) is 0 Å². The molecule has 0 aliphatic carbocycles. The van der Waals surface area contributed by atoms with Gasteiger partial charge >= 0.3 is 0 Å². The highest BCUT2D eigenvalue weighted by atomic mass is 32.2. The van der Waals surface area contributed by atoms with E-state index < -0.39 is 9.84 Å². The van der Waals surface area contributed by atoms with Gasteiger partial charge in [-0.25, -0.2) is 8.42 Å². The second-order valence-electron chi connectivity index (χ2n) is 6.88. The van der Waals surface area contributed by atoms with Crippen molar-refractivity contribution in [1.82, 2.24) is 10.2 Å². The molecule has 1 aliphatic heterocycles. The lowest BCUT2D eigenvalue weighted by atomic mass is 10.1. The van der Waals surface area contributed by atoms with Crippen LogP contribution in [-0.4, -0.2) is 44.9 Å². The van der Waals surface area contributed by atoms with Crippen LogP contribution in [-0.2, 0) is 15.6 Å². The van der Waals surface area contributed by atoms with E-state index in [9.17, 15) is 13.2 Å². The average Bonchev–Trinajstić information content (AvgIpc) is 2.62. The molecule has 3 rings (SSSR count). The molecule has 1 unspecified atom stereocenters. The third-order valence-electron chi connectivity index (χ3n) is 4.59. The van der Waals surface area contributed by atoms with Crippen LogP contribution in [0.25, 0.3) is 0 Å². The van der Waals surface area contributed by atoms with Gasteiger partial charge in [0.15, 0.2) is 9.84 Å². The first-order valence-corrected chi connectivity index (χ1v) is 10.4. The summed E-state index contributed by atoms with van der Waals surface area (Å²) in [4.78, 5) is 14.7. The van der Waals surface area contributed by atoms with Gasteiger partial charge in [-0.05, 0) is 43.7 Å². The number of carbonyl (C=O) groups excluding carboxylic acids is 1. The van der Waals surface area contributed by atoms with Gasteiger partial charge in [0.2, 0.25) is 0 Å². The maximum absolute atomic E-state index is 12.6. The summed E-state index contributed by atoms with van der Waals surface area (Å²) in [5.74, 6) is -0.0823. The summed E-state index contributed by atoms with van der Waals surface area (Å²) < 4.78 is 25.1. The zero-order valence-electron chi connectivity index (χ0n) is 15.1. The first kappa shape index (κ1) is 18.6. The standard InChI is InChI=1S/C20H24N2O3S/c1-15-3-9-19(10-4-15)26(24,25)14-17-5-7-18(8-6-17)20(23)22-12-11-21-16(2)13-22/h3-10,16,21H,11-14H2,1-2H3. The molecule has 0 saturated carbocycles. The Labute approximate surface area is 154 Å². The van der Waals surface area contributed by atoms with Crippen LogP contribution >= 0.6 is 0 Å². The summed E-state index contributed by atoms with van der Waals surface area (Å²) in [5, 5.41) is 3.31. The molecule has 0 radical (unpaired) electrons. The molecule has 0 spiro atoms. The average molecular weight is 372 g/mol. The van der Waals surface area contributed by atoms with Crippen LogP contribution in [0.4, 0.5) is 0 Å². The van der Waals surface area contributed by atoms with Crippen molar-refractivity contribution in [2.24, 2.45) is 0 Å². The topological polar surface area (TPSA) is 66.5 Å². The van der Waals surface area contributed by atoms with Crippen LogP contribution in [0.2, 0.25) is 0 Å². The van der Waals surface area contributed by atoms with Crippen molar-refractivity contribution in [3.63, 3.8) is 0 Å². The molecule has 1 saturated heterocycles. The van der Waals surface area contributed by atoms with Crippen molar-refractivity contribution in [2.75, 3.05) is 19.6 Å². The molecule has 138 valence electrons. The van der Waals surface area contributed by atoms with Crippen LogP contribution < -0.4 is 5.32 Å². The fraction of sp³-hybridized carbons (Fsp3) is 0.350. The lowest BCUT2D eigenvalue weighted by Crippen LogP contribution is -2.51. The molecule has 2 aromatic carbocycles. The number of piperazine rings is 1. The number of rotatable bonds is 4. The van der Waals surface area contributed by atoms with Gasteiger partial charge in [0.05, 0.1) is 10.6 Å². The Balaban J connectivity index is 1.71. The number of hydrogen-bond acceptors (Lipinski definition) is 4. The Morgan fingerprint density at radius 1 is 1.12 bits per heavy atom. The van der Waals surface area contributed by atoms with Crippen LogP contribution in [0.1, 0.15) is 28.4 Å². The van der Waals surface area contributed by atoms with E-state index in [-0.39, 0.29) is 17.7 Å². The molecule has 1 atom stereocenters. The lowest BCUT2D eigenvalue weighted by Gasteiger charge is -2.32. The molecular formula is C20H24N2O3S. The number of nitrogens with zero attached hydrogens (tertiary/aromatic N) is 1. The second-order valence-corrected chi connectivity index (χ2v) is 8.86. The summed E-state index contributed by atoms with van der Waals surface area (Å²) in [6.45, 7) is 6.14. The van der Waals surface area contributed by atoms with E-state index in [1.54, 1.807) is 48.5 Å². The first-order valence-electron chi connectivity index (χ1n) is 8.76. The van der Waals surface area contributed by atoms with Crippen molar-refractivity contribution in [3.05, 3.63) is 65.2 Å². The number of sulfone groups is 1. The van der Waals surface area contributed by atoms with Gasteiger partial charge in [0, 0.05) is 31.2 Å². The van der Waals surface area contributed by atoms with Crippen molar-refractivity contribution < 1.29 is 13.2 Å². The third-order valence-corrected chi connectivity index (χ3v) is 6.30. The molecule has 1 fully saturated rings. The fourth-order valence-electron chi connectivity index (χ4n) is 3.09. The highest BCUT2D eigenvalue weighted by Crippen LogP contribution is 2.18. The number of carbonyl (C=O) groups is 1. The normalized spacial score (nSPS) is 17.9. The Hall–Kier alpha value is -2.18. The minimum Gasteiger partial charge on any atom is -0.336 e. The molecule has 0 aromatic heterocycles. The van der Waals surface area contributed by atoms with E-state index in [0.29, 0.717) is 29.1 Å². The third kappa shape index (κ3) is 4.31. The summed E-state index contributed by atoms with van der Waals surface area (Å²) >= 11 is 0. The van der Waals surface area contributed by atoms with E-state index in [4.69, 9.17) is 0 Å². The Kier molecular flexibility index (Phi) is 5.44. The molecule has 5 nitrogen and oxygen atoms in total. The Morgan fingerprint density at radius 2 is 1.77 bits per heavy atom. The molecule has 1 N–H and O–H groups in total. The van der Waals surface area contributed by atoms with Crippen molar-refractivity contribution in [3.8, 4) is 0 Å². The zero-order chi connectivity index (χ0) is 18.7. The zero-order valence-corrected chi connectivity index (χ0v) is 15.9. The largest absolute Gasteiger partial charge is 0.336 e. The molecular weight excluding hydrogens is 348 g/mol. The van der Waals surface area contributed by atoms with E-state index in [2.05, 4.69) is 12.2 Å². The monoisotopic (exact) mass is 372 g/mol. The van der Waals surface area contributed by atoms with Crippen molar-refractivity contribution >= 4 is 15.7 Å². The number of aryl methyl sites for hydroxylation is 1. The second kappa shape index (κ2) is 7.60. The van der Waals surface area contributed by atoms with E-state index in [1.807, 2.05) is 11.8 Å². The van der Waals surface area contributed by atoms with E-state index in [1.165, 1.54) is 0 Å². The number of benzene rings is 2. The molecule has 1 amide bonds. The van der Waals surface area contributed by atoms with Crippen LogP contribution in [0, 0.1) is 6.92 Å². The van der Waals surface area contributed by atoms with Gasteiger partial charge in [-0.2, -0.15) is 0 Å². The van der Waals surface area contributed by atoms with Gasteiger partial charge < -0.3 is 10.2 Å². The predicted octanol–water partition coefficient (Wildman–Crippen LogP) is 2.40. The van der Waals surface area contributed by atoms with Gasteiger partial charge in [-0.1, -0.05) is 29.8 Å². The summed E-state index contributed by atoms with van der Waals surface area (Å²) in [6, 6.07) is 14.0.